The Labute approximate surface area is 107 Å². The first-order valence-corrected chi connectivity index (χ1v) is 5.61. The number of aliphatic carboxylic acids is 1. The lowest BCUT2D eigenvalue weighted by Crippen LogP contribution is -2.35. The Bertz CT molecular complexity index is 460. The van der Waals surface area contributed by atoms with Crippen molar-refractivity contribution in [2.75, 3.05) is 0 Å². The summed E-state index contributed by atoms with van der Waals surface area (Å²) in [6.07, 6.45) is -4.34. The molecule has 19 heavy (non-hydrogen) atoms. The summed E-state index contributed by atoms with van der Waals surface area (Å²) in [6, 6.07) is 1.97. The van der Waals surface area contributed by atoms with Crippen LogP contribution in [0.1, 0.15) is 24.5 Å². The molecule has 3 N–H and O–H groups in total. The van der Waals surface area contributed by atoms with Crippen LogP contribution in [0.4, 0.5) is 13.2 Å². The highest BCUT2D eigenvalue weighted by molar-refractivity contribution is 5.73. The molecule has 0 aliphatic heterocycles. The molecule has 0 spiro atoms. The Morgan fingerprint density at radius 3 is 2.53 bits per heavy atom. The summed E-state index contributed by atoms with van der Waals surface area (Å²) in [6.45, 7) is 1.38. The van der Waals surface area contributed by atoms with Gasteiger partial charge in [0.05, 0.1) is 5.56 Å². The number of rotatable bonds is 5. The van der Waals surface area contributed by atoms with E-state index in [1.54, 1.807) is 6.92 Å². The lowest BCUT2D eigenvalue weighted by molar-refractivity contribution is -0.139. The Kier molecular flexibility index (Phi) is 4.77. The topological polar surface area (TPSA) is 69.6 Å². The van der Waals surface area contributed by atoms with Crippen LogP contribution in [-0.2, 0) is 17.5 Å². The first-order chi connectivity index (χ1) is 8.75. The maximum absolute atomic E-state index is 12.7. The van der Waals surface area contributed by atoms with Crippen molar-refractivity contribution in [2.24, 2.45) is 0 Å². The molecule has 1 aromatic rings. The van der Waals surface area contributed by atoms with Gasteiger partial charge in [0.15, 0.2) is 0 Å². The van der Waals surface area contributed by atoms with E-state index in [-0.39, 0.29) is 18.5 Å². The number of phenols is 1. The van der Waals surface area contributed by atoms with Gasteiger partial charge in [-0.1, -0.05) is 13.0 Å². The Morgan fingerprint density at radius 2 is 2.05 bits per heavy atom. The lowest BCUT2D eigenvalue weighted by atomic mass is 10.1. The van der Waals surface area contributed by atoms with Gasteiger partial charge >= 0.3 is 12.1 Å². The van der Waals surface area contributed by atoms with E-state index in [0.29, 0.717) is 6.07 Å². The number of alkyl halides is 3. The van der Waals surface area contributed by atoms with Gasteiger partial charge in [-0.05, 0) is 24.1 Å². The molecule has 0 saturated carbocycles. The summed E-state index contributed by atoms with van der Waals surface area (Å²) in [7, 11) is 0. The number of carboxylic acids is 1. The van der Waals surface area contributed by atoms with E-state index in [4.69, 9.17) is 10.2 Å². The van der Waals surface area contributed by atoms with E-state index in [9.17, 15) is 18.0 Å². The zero-order chi connectivity index (χ0) is 14.6. The van der Waals surface area contributed by atoms with Gasteiger partial charge in [-0.2, -0.15) is 13.2 Å². The molecule has 0 heterocycles. The molecule has 0 aliphatic rings. The number of carboxylic acid groups (broad SMARTS) is 1. The van der Waals surface area contributed by atoms with Gasteiger partial charge in [0.2, 0.25) is 0 Å². The Morgan fingerprint density at radius 1 is 1.42 bits per heavy atom. The molecule has 4 nitrogen and oxygen atoms in total. The van der Waals surface area contributed by atoms with E-state index >= 15 is 0 Å². The van der Waals surface area contributed by atoms with Crippen molar-refractivity contribution < 1.29 is 28.2 Å². The maximum Gasteiger partial charge on any atom is 0.416 e. The first kappa shape index (κ1) is 15.3. The van der Waals surface area contributed by atoms with Crippen LogP contribution in [0, 0.1) is 0 Å². The second kappa shape index (κ2) is 5.92. The number of hydrogen-bond donors (Lipinski definition) is 3. The molecule has 106 valence electrons. The monoisotopic (exact) mass is 277 g/mol. The molecule has 0 radical (unpaired) electrons. The van der Waals surface area contributed by atoms with E-state index in [1.807, 2.05) is 0 Å². The van der Waals surface area contributed by atoms with E-state index in [1.165, 1.54) is 0 Å². The highest BCUT2D eigenvalue weighted by Gasteiger charge is 2.33. The first-order valence-electron chi connectivity index (χ1n) is 5.61. The predicted octanol–water partition coefficient (Wildman–Crippen LogP) is 2.36. The van der Waals surface area contributed by atoms with Gasteiger partial charge in [-0.15, -0.1) is 0 Å². The molecule has 0 aliphatic carbocycles. The molecule has 1 unspecified atom stereocenters. The van der Waals surface area contributed by atoms with Gasteiger partial charge in [-0.3, -0.25) is 4.79 Å². The maximum atomic E-state index is 12.7. The quantitative estimate of drug-likeness (QED) is 0.772. The van der Waals surface area contributed by atoms with Crippen molar-refractivity contribution in [3.8, 4) is 5.75 Å². The van der Waals surface area contributed by atoms with Crippen molar-refractivity contribution in [3.05, 3.63) is 29.3 Å². The third-order valence-corrected chi connectivity index (χ3v) is 2.64. The highest BCUT2D eigenvalue weighted by Crippen LogP contribution is 2.34. The molecule has 0 saturated heterocycles. The average molecular weight is 277 g/mol. The highest BCUT2D eigenvalue weighted by atomic mass is 19.4. The Hall–Kier alpha value is -1.76. The molecular weight excluding hydrogens is 263 g/mol. The van der Waals surface area contributed by atoms with Gasteiger partial charge < -0.3 is 15.5 Å². The molecule has 7 heteroatoms. The van der Waals surface area contributed by atoms with Gasteiger partial charge in [-0.25, -0.2) is 0 Å². The van der Waals surface area contributed by atoms with Crippen LogP contribution in [0.2, 0.25) is 0 Å². The fourth-order valence-corrected chi connectivity index (χ4v) is 1.62. The minimum absolute atomic E-state index is 0.106. The standard InChI is InChI=1S/C12H14F3NO3/c1-2-10(11(18)19)16-6-7-3-4-8(17)5-9(7)12(13,14)15/h3-5,10,16-17H,2,6H2,1H3,(H,18,19). The SMILES string of the molecule is CCC(NCc1ccc(O)cc1C(F)(F)F)C(=O)O. The summed E-state index contributed by atoms with van der Waals surface area (Å²) >= 11 is 0. The van der Waals surface area contributed by atoms with Crippen LogP contribution in [0.3, 0.4) is 0 Å². The van der Waals surface area contributed by atoms with Gasteiger partial charge in [0.1, 0.15) is 11.8 Å². The summed E-state index contributed by atoms with van der Waals surface area (Å²) in [5, 5.41) is 20.4. The van der Waals surface area contributed by atoms with Crippen LogP contribution in [0.15, 0.2) is 18.2 Å². The molecular formula is C12H14F3NO3. The van der Waals surface area contributed by atoms with Gasteiger partial charge in [0.25, 0.3) is 0 Å². The van der Waals surface area contributed by atoms with Crippen LogP contribution in [0.5, 0.6) is 5.75 Å². The zero-order valence-corrected chi connectivity index (χ0v) is 10.2. The van der Waals surface area contributed by atoms with Crippen molar-refractivity contribution >= 4 is 5.97 Å². The zero-order valence-electron chi connectivity index (χ0n) is 10.2. The van der Waals surface area contributed by atoms with Crippen LogP contribution >= 0.6 is 0 Å². The number of benzene rings is 1. The second-order valence-corrected chi connectivity index (χ2v) is 4.02. The number of hydrogen-bond acceptors (Lipinski definition) is 3. The summed E-state index contributed by atoms with van der Waals surface area (Å²) in [4.78, 5) is 10.8. The molecule has 0 amide bonds. The summed E-state index contributed by atoms with van der Waals surface area (Å²) < 4.78 is 38.2. The fourth-order valence-electron chi connectivity index (χ4n) is 1.62. The van der Waals surface area contributed by atoms with Crippen molar-refractivity contribution in [3.63, 3.8) is 0 Å². The third-order valence-electron chi connectivity index (χ3n) is 2.64. The van der Waals surface area contributed by atoms with Crippen molar-refractivity contribution in [1.29, 1.82) is 0 Å². The fraction of sp³-hybridized carbons (Fsp3) is 0.417. The minimum Gasteiger partial charge on any atom is -0.508 e. The number of phenolic OH excluding ortho intramolecular Hbond substituents is 1. The lowest BCUT2D eigenvalue weighted by Gasteiger charge is -2.16. The number of aromatic hydroxyl groups is 1. The summed E-state index contributed by atoms with van der Waals surface area (Å²) in [5.74, 6) is -1.60. The predicted molar refractivity (Wildman–Crippen MR) is 61.7 cm³/mol. The number of halogens is 3. The van der Waals surface area contributed by atoms with Crippen molar-refractivity contribution in [1.82, 2.24) is 5.32 Å². The number of carbonyl (C=O) groups is 1. The molecule has 0 bridgehead atoms. The molecule has 1 atom stereocenters. The van der Waals surface area contributed by atoms with Gasteiger partial charge in [0, 0.05) is 6.54 Å². The smallest absolute Gasteiger partial charge is 0.416 e. The van der Waals surface area contributed by atoms with E-state index in [2.05, 4.69) is 5.32 Å². The molecule has 1 rings (SSSR count). The van der Waals surface area contributed by atoms with E-state index < -0.39 is 29.5 Å². The number of nitrogens with one attached hydrogen (secondary N) is 1. The largest absolute Gasteiger partial charge is 0.508 e. The van der Waals surface area contributed by atoms with Crippen LogP contribution in [0.25, 0.3) is 0 Å². The van der Waals surface area contributed by atoms with Crippen LogP contribution < -0.4 is 5.32 Å². The van der Waals surface area contributed by atoms with Crippen molar-refractivity contribution in [2.45, 2.75) is 32.1 Å². The van der Waals surface area contributed by atoms with Crippen LogP contribution in [-0.4, -0.2) is 22.2 Å². The minimum atomic E-state index is -4.60. The summed E-state index contributed by atoms with van der Waals surface area (Å²) in [5.41, 5.74) is -1.08. The normalized spacial score (nSPS) is 13.3. The van der Waals surface area contributed by atoms with E-state index in [0.717, 1.165) is 12.1 Å². The Balaban J connectivity index is 2.92. The third kappa shape index (κ3) is 4.13. The molecule has 0 fully saturated rings. The molecule has 1 aromatic carbocycles. The average Bonchev–Trinajstić information content (AvgIpc) is 2.29. The second-order valence-electron chi connectivity index (χ2n) is 4.02. The molecule has 0 aromatic heterocycles.